The molecule has 8 nitrogen and oxygen atoms in total. The summed E-state index contributed by atoms with van der Waals surface area (Å²) in [7, 11) is 3.09. The molecule has 0 saturated heterocycles. The molecule has 2 aromatic rings. The van der Waals surface area contributed by atoms with E-state index in [-0.39, 0.29) is 17.9 Å². The lowest BCUT2D eigenvalue weighted by Gasteiger charge is -2.09. The third-order valence-corrected chi connectivity index (χ3v) is 4.26. The molecule has 144 valence electrons. The molecule has 2 rings (SSSR count). The highest BCUT2D eigenvalue weighted by Gasteiger charge is 2.18. The van der Waals surface area contributed by atoms with Crippen LogP contribution in [-0.2, 0) is 16.1 Å². The topological polar surface area (TPSA) is 99.9 Å². The molecule has 27 heavy (non-hydrogen) atoms. The number of rotatable bonds is 9. The molecule has 2 aromatic carbocycles. The lowest BCUT2D eigenvalue weighted by atomic mass is 10.1. The first-order valence-electron chi connectivity index (χ1n) is 7.97. The van der Waals surface area contributed by atoms with E-state index in [1.165, 1.54) is 25.3 Å². The van der Waals surface area contributed by atoms with Crippen LogP contribution in [0.25, 0.3) is 0 Å². The van der Waals surface area contributed by atoms with Gasteiger partial charge < -0.3 is 19.5 Å². The van der Waals surface area contributed by atoms with E-state index in [9.17, 15) is 14.9 Å². The number of benzene rings is 2. The molecule has 0 atom stereocenters. The van der Waals surface area contributed by atoms with Crippen LogP contribution >= 0.6 is 15.9 Å². The van der Waals surface area contributed by atoms with Gasteiger partial charge in [-0.05, 0) is 45.8 Å². The van der Waals surface area contributed by atoms with Crippen LogP contribution in [0, 0.1) is 10.1 Å². The van der Waals surface area contributed by atoms with Crippen molar-refractivity contribution >= 4 is 33.3 Å². The summed E-state index contributed by atoms with van der Waals surface area (Å²) >= 11 is 3.36. The number of carbonyl (C=O) groups is 1. The molecule has 0 spiro atoms. The van der Waals surface area contributed by atoms with Crippen LogP contribution in [0.1, 0.15) is 15.9 Å². The van der Waals surface area contributed by atoms with Gasteiger partial charge in [0.1, 0.15) is 18.0 Å². The standard InChI is InChI=1S/C18H19BrN2O6/c1-25-8-7-20-15-5-4-13(10-16(15)21(23)24)18(22)27-11-12-3-6-17(26-2)14(19)9-12/h3-6,9-10,20H,7-8,11H2,1-2H3. The van der Waals surface area contributed by atoms with Crippen LogP contribution in [0.4, 0.5) is 11.4 Å². The summed E-state index contributed by atoms with van der Waals surface area (Å²) in [4.78, 5) is 23.0. The summed E-state index contributed by atoms with van der Waals surface area (Å²) < 4.78 is 16.0. The van der Waals surface area contributed by atoms with Crippen molar-refractivity contribution in [3.8, 4) is 5.75 Å². The Morgan fingerprint density at radius 3 is 2.63 bits per heavy atom. The zero-order chi connectivity index (χ0) is 19.8. The molecular weight excluding hydrogens is 420 g/mol. The van der Waals surface area contributed by atoms with E-state index >= 15 is 0 Å². The molecule has 9 heteroatoms. The molecule has 0 saturated carbocycles. The second-order valence-electron chi connectivity index (χ2n) is 5.45. The van der Waals surface area contributed by atoms with Gasteiger partial charge in [-0.2, -0.15) is 0 Å². The summed E-state index contributed by atoms with van der Waals surface area (Å²) in [6.45, 7) is 0.842. The first-order chi connectivity index (χ1) is 13.0. The number of nitrogens with one attached hydrogen (secondary N) is 1. The summed E-state index contributed by atoms with van der Waals surface area (Å²) in [5.74, 6) is 0.0192. The minimum Gasteiger partial charge on any atom is -0.496 e. The van der Waals surface area contributed by atoms with Gasteiger partial charge in [-0.3, -0.25) is 10.1 Å². The monoisotopic (exact) mass is 438 g/mol. The van der Waals surface area contributed by atoms with Crippen molar-refractivity contribution in [2.75, 3.05) is 32.7 Å². The van der Waals surface area contributed by atoms with Gasteiger partial charge in [0.15, 0.2) is 0 Å². The van der Waals surface area contributed by atoms with Crippen molar-refractivity contribution in [2.24, 2.45) is 0 Å². The predicted octanol–water partition coefficient (Wildman–Crippen LogP) is 3.78. The molecule has 0 bridgehead atoms. The molecule has 0 aliphatic heterocycles. The zero-order valence-corrected chi connectivity index (χ0v) is 16.4. The van der Waals surface area contributed by atoms with Gasteiger partial charge in [-0.25, -0.2) is 4.79 Å². The summed E-state index contributed by atoms with van der Waals surface area (Å²) in [5.41, 5.74) is 0.968. The second kappa shape index (κ2) is 9.89. The average molecular weight is 439 g/mol. The number of methoxy groups -OCH3 is 2. The number of nitrogens with zero attached hydrogens (tertiary/aromatic N) is 1. The van der Waals surface area contributed by atoms with Crippen LogP contribution in [0.3, 0.4) is 0 Å². The van der Waals surface area contributed by atoms with Gasteiger partial charge in [-0.15, -0.1) is 0 Å². The molecule has 1 N–H and O–H groups in total. The van der Waals surface area contributed by atoms with Gasteiger partial charge in [0, 0.05) is 19.7 Å². The lowest BCUT2D eigenvalue weighted by molar-refractivity contribution is -0.384. The van der Waals surface area contributed by atoms with E-state index in [2.05, 4.69) is 21.2 Å². The number of halogens is 1. The van der Waals surface area contributed by atoms with E-state index in [1.54, 1.807) is 25.3 Å². The van der Waals surface area contributed by atoms with Crippen molar-refractivity contribution in [2.45, 2.75) is 6.61 Å². The highest BCUT2D eigenvalue weighted by Crippen LogP contribution is 2.27. The normalized spacial score (nSPS) is 10.3. The highest BCUT2D eigenvalue weighted by atomic mass is 79.9. The molecular formula is C18H19BrN2O6. The number of hydrogen-bond donors (Lipinski definition) is 1. The first-order valence-corrected chi connectivity index (χ1v) is 8.76. The number of ether oxygens (including phenoxy) is 3. The first kappa shape index (κ1) is 20.7. The number of esters is 1. The Labute approximate surface area is 164 Å². The fourth-order valence-electron chi connectivity index (χ4n) is 2.28. The van der Waals surface area contributed by atoms with Crippen LogP contribution in [0.2, 0.25) is 0 Å². The molecule has 0 aliphatic rings. The van der Waals surface area contributed by atoms with Gasteiger partial charge in [0.05, 0.1) is 28.7 Å². The maximum absolute atomic E-state index is 12.3. The minimum absolute atomic E-state index is 0.0308. The fourth-order valence-corrected chi connectivity index (χ4v) is 2.87. The molecule has 0 aliphatic carbocycles. The number of nitro benzene ring substituents is 1. The Hall–Kier alpha value is -2.65. The predicted molar refractivity (Wildman–Crippen MR) is 103 cm³/mol. The van der Waals surface area contributed by atoms with Crippen LogP contribution < -0.4 is 10.1 Å². The number of anilines is 1. The van der Waals surface area contributed by atoms with Crippen LogP contribution in [0.5, 0.6) is 5.75 Å². The van der Waals surface area contributed by atoms with Crippen molar-refractivity contribution in [1.29, 1.82) is 0 Å². The van der Waals surface area contributed by atoms with E-state index in [1.807, 2.05) is 0 Å². The molecule has 0 aromatic heterocycles. The molecule has 0 heterocycles. The fraction of sp³-hybridized carbons (Fsp3) is 0.278. The third-order valence-electron chi connectivity index (χ3n) is 3.64. The summed E-state index contributed by atoms with van der Waals surface area (Å²) in [5, 5.41) is 14.2. The Bertz CT molecular complexity index is 827. The molecule has 0 radical (unpaired) electrons. The maximum Gasteiger partial charge on any atom is 0.338 e. The zero-order valence-electron chi connectivity index (χ0n) is 14.9. The Balaban J connectivity index is 2.08. The molecule has 0 fully saturated rings. The largest absolute Gasteiger partial charge is 0.496 e. The maximum atomic E-state index is 12.3. The summed E-state index contributed by atoms with van der Waals surface area (Å²) in [6.07, 6.45) is 0. The van der Waals surface area contributed by atoms with Crippen LogP contribution in [-0.4, -0.2) is 38.3 Å². The van der Waals surface area contributed by atoms with Gasteiger partial charge >= 0.3 is 5.97 Å². The van der Waals surface area contributed by atoms with Crippen molar-refractivity contribution in [3.05, 3.63) is 62.1 Å². The van der Waals surface area contributed by atoms with Crippen molar-refractivity contribution < 1.29 is 23.9 Å². The van der Waals surface area contributed by atoms with E-state index in [4.69, 9.17) is 14.2 Å². The molecule has 0 unspecified atom stereocenters. The second-order valence-corrected chi connectivity index (χ2v) is 6.31. The van der Waals surface area contributed by atoms with Gasteiger partial charge in [0.25, 0.3) is 5.69 Å². The Morgan fingerprint density at radius 1 is 1.22 bits per heavy atom. The summed E-state index contributed by atoms with van der Waals surface area (Å²) in [6, 6.07) is 9.45. The Kier molecular flexibility index (Phi) is 7.56. The van der Waals surface area contributed by atoms with E-state index < -0.39 is 10.9 Å². The van der Waals surface area contributed by atoms with Crippen molar-refractivity contribution in [3.63, 3.8) is 0 Å². The van der Waals surface area contributed by atoms with Crippen LogP contribution in [0.15, 0.2) is 40.9 Å². The average Bonchev–Trinajstić information content (AvgIpc) is 2.66. The quantitative estimate of drug-likeness (QED) is 0.275. The molecule has 0 amide bonds. The van der Waals surface area contributed by atoms with E-state index in [0.29, 0.717) is 24.6 Å². The number of carbonyl (C=O) groups excluding carboxylic acids is 1. The third kappa shape index (κ3) is 5.66. The van der Waals surface area contributed by atoms with E-state index in [0.717, 1.165) is 10.0 Å². The van der Waals surface area contributed by atoms with Gasteiger partial charge in [0.2, 0.25) is 0 Å². The Morgan fingerprint density at radius 2 is 2.00 bits per heavy atom. The van der Waals surface area contributed by atoms with Gasteiger partial charge in [-0.1, -0.05) is 6.07 Å². The lowest BCUT2D eigenvalue weighted by Crippen LogP contribution is -2.11. The van der Waals surface area contributed by atoms with Crippen molar-refractivity contribution in [1.82, 2.24) is 0 Å². The SMILES string of the molecule is COCCNc1ccc(C(=O)OCc2ccc(OC)c(Br)c2)cc1[N+](=O)[O-]. The number of nitro groups is 1. The smallest absolute Gasteiger partial charge is 0.338 e. The highest BCUT2D eigenvalue weighted by molar-refractivity contribution is 9.10. The minimum atomic E-state index is -0.645. The number of hydrogen-bond acceptors (Lipinski definition) is 7.